The monoisotopic (exact) mass is 321 g/mol. The number of nitrogens with zero attached hydrogens (tertiary/aromatic N) is 1. The predicted molar refractivity (Wildman–Crippen MR) is 71.2 cm³/mol. The Bertz CT molecular complexity index is 284. The number of benzene rings is 1. The van der Waals surface area contributed by atoms with Crippen molar-refractivity contribution < 1.29 is 4.39 Å². The maximum Gasteiger partial charge on any atom is 0.102 e. The van der Waals surface area contributed by atoms with Gasteiger partial charge < -0.3 is 0 Å². The highest BCUT2D eigenvalue weighted by molar-refractivity contribution is 14.1. The van der Waals surface area contributed by atoms with Gasteiger partial charge in [-0.1, -0.05) is 46.9 Å². The summed E-state index contributed by atoms with van der Waals surface area (Å²) in [6.45, 7) is 3.22. The molecule has 84 valence electrons. The van der Waals surface area contributed by atoms with Gasteiger partial charge in [0.25, 0.3) is 0 Å². The van der Waals surface area contributed by atoms with E-state index in [0.29, 0.717) is 10.5 Å². The van der Waals surface area contributed by atoms with E-state index in [1.54, 1.807) is 0 Å². The molecule has 1 nitrogen and oxygen atoms in total. The molecule has 3 heteroatoms. The van der Waals surface area contributed by atoms with Gasteiger partial charge in [-0.2, -0.15) is 0 Å². The molecule has 0 bridgehead atoms. The zero-order valence-corrected chi connectivity index (χ0v) is 11.4. The molecule has 1 aromatic rings. The first-order valence-corrected chi connectivity index (χ1v) is 6.35. The minimum atomic E-state index is -0.278. The summed E-state index contributed by atoms with van der Waals surface area (Å²) in [5.74, 6) is 0. The highest BCUT2D eigenvalue weighted by Crippen LogP contribution is 2.22. The van der Waals surface area contributed by atoms with Crippen molar-refractivity contribution in [2.75, 3.05) is 20.3 Å². The summed E-state index contributed by atoms with van der Waals surface area (Å²) >= 11 is 2.40. The van der Waals surface area contributed by atoms with Crippen LogP contribution in [-0.4, -0.2) is 25.2 Å². The molecule has 0 fully saturated rings. The molecule has 1 rings (SSSR count). The Hall–Kier alpha value is -0.160. The van der Waals surface area contributed by atoms with Crippen LogP contribution < -0.4 is 0 Å². The van der Waals surface area contributed by atoms with Gasteiger partial charge in [-0.25, -0.2) is 4.39 Å². The van der Waals surface area contributed by atoms with Gasteiger partial charge in [0.15, 0.2) is 0 Å². The van der Waals surface area contributed by atoms with E-state index >= 15 is 0 Å². The SMILES string of the molecule is C[C@@H](I)c1ccc(CN(C)CCF)cc1. The van der Waals surface area contributed by atoms with Crippen LogP contribution >= 0.6 is 22.6 Å². The van der Waals surface area contributed by atoms with E-state index in [1.165, 1.54) is 11.1 Å². The topological polar surface area (TPSA) is 3.24 Å². The van der Waals surface area contributed by atoms with E-state index in [2.05, 4.69) is 53.8 Å². The van der Waals surface area contributed by atoms with Crippen LogP contribution in [0.15, 0.2) is 24.3 Å². The van der Waals surface area contributed by atoms with Gasteiger partial charge in [-0.05, 0) is 25.1 Å². The minimum Gasteiger partial charge on any atom is -0.300 e. The Morgan fingerprint density at radius 3 is 2.40 bits per heavy atom. The van der Waals surface area contributed by atoms with E-state index in [1.807, 2.05) is 11.9 Å². The first kappa shape index (κ1) is 12.9. The number of halogens is 2. The number of hydrogen-bond acceptors (Lipinski definition) is 1. The smallest absolute Gasteiger partial charge is 0.102 e. The van der Waals surface area contributed by atoms with Crippen LogP contribution in [0, 0.1) is 0 Å². The second kappa shape index (κ2) is 6.43. The van der Waals surface area contributed by atoms with Crippen LogP contribution in [0.3, 0.4) is 0 Å². The molecule has 0 radical (unpaired) electrons. The summed E-state index contributed by atoms with van der Waals surface area (Å²) in [5, 5.41) is 0. The molecule has 0 spiro atoms. The molecule has 0 aliphatic carbocycles. The molecule has 0 N–H and O–H groups in total. The van der Waals surface area contributed by atoms with E-state index in [-0.39, 0.29) is 6.67 Å². The fourth-order valence-corrected chi connectivity index (χ4v) is 1.84. The molecule has 0 saturated carbocycles. The van der Waals surface area contributed by atoms with E-state index in [4.69, 9.17) is 0 Å². The van der Waals surface area contributed by atoms with Crippen LogP contribution in [0.2, 0.25) is 0 Å². The Labute approximate surface area is 105 Å². The van der Waals surface area contributed by atoms with Crippen molar-refractivity contribution in [3.8, 4) is 0 Å². The van der Waals surface area contributed by atoms with Crippen molar-refractivity contribution in [3.63, 3.8) is 0 Å². The van der Waals surface area contributed by atoms with Crippen LogP contribution in [0.4, 0.5) is 4.39 Å². The van der Waals surface area contributed by atoms with Gasteiger partial charge in [-0.3, -0.25) is 4.90 Å². The molecule has 0 heterocycles. The van der Waals surface area contributed by atoms with Gasteiger partial charge in [0, 0.05) is 17.0 Å². The lowest BCUT2D eigenvalue weighted by molar-refractivity contribution is 0.289. The van der Waals surface area contributed by atoms with E-state index < -0.39 is 0 Å². The van der Waals surface area contributed by atoms with Gasteiger partial charge in [0.2, 0.25) is 0 Å². The standard InChI is InChI=1S/C12H17FIN/c1-10(14)12-5-3-11(4-6-12)9-15(2)8-7-13/h3-6,10H,7-9H2,1-2H3/t10-/m1/s1. The molecular weight excluding hydrogens is 304 g/mol. The summed E-state index contributed by atoms with van der Waals surface area (Å²) in [6, 6.07) is 8.55. The third-order valence-corrected chi connectivity index (χ3v) is 3.08. The van der Waals surface area contributed by atoms with Gasteiger partial charge >= 0.3 is 0 Å². The lowest BCUT2D eigenvalue weighted by Gasteiger charge is -2.14. The summed E-state index contributed by atoms with van der Waals surface area (Å²) in [4.78, 5) is 1.99. The Morgan fingerprint density at radius 1 is 1.33 bits per heavy atom. The van der Waals surface area contributed by atoms with Crippen molar-refractivity contribution >= 4 is 22.6 Å². The summed E-state index contributed by atoms with van der Waals surface area (Å²) in [5.41, 5.74) is 2.58. The highest BCUT2D eigenvalue weighted by atomic mass is 127. The molecule has 0 aromatic heterocycles. The number of hydrogen-bond donors (Lipinski definition) is 0. The van der Waals surface area contributed by atoms with Crippen LogP contribution in [0.1, 0.15) is 22.0 Å². The Morgan fingerprint density at radius 2 is 1.93 bits per heavy atom. The molecule has 15 heavy (non-hydrogen) atoms. The van der Waals surface area contributed by atoms with Crippen molar-refractivity contribution in [2.24, 2.45) is 0 Å². The molecule has 0 aliphatic rings. The molecule has 1 atom stereocenters. The van der Waals surface area contributed by atoms with E-state index in [0.717, 1.165) is 6.54 Å². The lowest BCUT2D eigenvalue weighted by atomic mass is 10.1. The molecule has 1 aromatic carbocycles. The van der Waals surface area contributed by atoms with Crippen LogP contribution in [0.25, 0.3) is 0 Å². The quantitative estimate of drug-likeness (QED) is 0.592. The van der Waals surface area contributed by atoms with Crippen LogP contribution in [-0.2, 0) is 6.54 Å². The van der Waals surface area contributed by atoms with Crippen molar-refractivity contribution in [2.45, 2.75) is 17.4 Å². The highest BCUT2D eigenvalue weighted by Gasteiger charge is 2.02. The normalized spacial score (nSPS) is 13.1. The zero-order chi connectivity index (χ0) is 11.3. The number of alkyl halides is 2. The second-order valence-electron chi connectivity index (χ2n) is 3.78. The predicted octanol–water partition coefficient (Wildman–Crippen LogP) is 3.58. The molecule has 0 amide bonds. The first-order chi connectivity index (χ1) is 7.13. The summed E-state index contributed by atoms with van der Waals surface area (Å²) < 4.78 is 12.6. The van der Waals surface area contributed by atoms with E-state index in [9.17, 15) is 4.39 Å². The Balaban J connectivity index is 2.56. The van der Waals surface area contributed by atoms with Gasteiger partial charge in [-0.15, -0.1) is 0 Å². The molecule has 0 aliphatic heterocycles. The largest absolute Gasteiger partial charge is 0.300 e. The first-order valence-electron chi connectivity index (χ1n) is 5.11. The van der Waals surface area contributed by atoms with Crippen molar-refractivity contribution in [1.29, 1.82) is 0 Å². The summed E-state index contributed by atoms with van der Waals surface area (Å²) in [7, 11) is 1.94. The second-order valence-corrected chi connectivity index (χ2v) is 5.65. The number of rotatable bonds is 5. The van der Waals surface area contributed by atoms with Crippen LogP contribution in [0.5, 0.6) is 0 Å². The zero-order valence-electron chi connectivity index (χ0n) is 9.21. The minimum absolute atomic E-state index is 0.278. The third-order valence-electron chi connectivity index (χ3n) is 2.36. The molecule has 0 saturated heterocycles. The van der Waals surface area contributed by atoms with Gasteiger partial charge in [0.1, 0.15) is 6.67 Å². The average molecular weight is 321 g/mol. The fraction of sp³-hybridized carbons (Fsp3) is 0.500. The van der Waals surface area contributed by atoms with Gasteiger partial charge in [0.05, 0.1) is 0 Å². The molecular formula is C12H17FIN. The van der Waals surface area contributed by atoms with Crippen molar-refractivity contribution in [3.05, 3.63) is 35.4 Å². The maximum absolute atomic E-state index is 12.1. The lowest BCUT2D eigenvalue weighted by Crippen LogP contribution is -2.20. The van der Waals surface area contributed by atoms with Crippen molar-refractivity contribution in [1.82, 2.24) is 4.90 Å². The molecule has 0 unspecified atom stereocenters. The third kappa shape index (κ3) is 4.47. The fourth-order valence-electron chi connectivity index (χ4n) is 1.42. The maximum atomic E-state index is 12.1. The summed E-state index contributed by atoms with van der Waals surface area (Å²) in [6.07, 6.45) is 0. The average Bonchev–Trinajstić information content (AvgIpc) is 2.18. The Kier molecular flexibility index (Phi) is 5.53.